The van der Waals surface area contributed by atoms with Crippen LogP contribution in [0.2, 0.25) is 0 Å². The Balaban J connectivity index is 1.53. The summed E-state index contributed by atoms with van der Waals surface area (Å²) in [4.78, 5) is 39.1. The fourth-order valence-corrected chi connectivity index (χ4v) is 5.33. The molecule has 45 heavy (non-hydrogen) atoms. The molecule has 1 saturated carbocycles. The van der Waals surface area contributed by atoms with Gasteiger partial charge in [0, 0.05) is 18.4 Å². The van der Waals surface area contributed by atoms with Crippen LogP contribution in [0.4, 0.5) is 51.3 Å². The maximum atomic E-state index is 15.4. The molecule has 1 saturated heterocycles. The molecular formula is C29H30F8N4O4. The van der Waals surface area contributed by atoms with E-state index in [1.807, 2.05) is 0 Å². The van der Waals surface area contributed by atoms with Crippen molar-refractivity contribution in [2.24, 2.45) is 5.92 Å². The van der Waals surface area contributed by atoms with E-state index in [0.717, 1.165) is 12.1 Å². The molecular weight excluding hydrogens is 620 g/mol. The number of alkyl halides is 7. The van der Waals surface area contributed by atoms with Gasteiger partial charge in [-0.25, -0.2) is 26.7 Å². The van der Waals surface area contributed by atoms with E-state index < -0.39 is 109 Å². The van der Waals surface area contributed by atoms with E-state index in [1.54, 1.807) is 30.3 Å². The molecule has 2 unspecified atom stereocenters. The maximum Gasteiger partial charge on any atom is 0.408 e. The summed E-state index contributed by atoms with van der Waals surface area (Å²) in [7, 11) is 0. The Morgan fingerprint density at radius 2 is 1.60 bits per heavy atom. The SMILES string of the molecule is Nc1c(NC(=O)C(NC(=O)OCc2ccccc2)C2CCC(F)(F)CC2)ccc(C(CC(F)(F)F)C(=O)N2CC(F)(F)C2)c1F. The summed E-state index contributed by atoms with van der Waals surface area (Å²) in [6, 6.07) is 8.74. The number of carbonyl (C=O) groups is 3. The van der Waals surface area contributed by atoms with Crippen LogP contribution in [0.25, 0.3) is 0 Å². The molecule has 4 N–H and O–H groups in total. The highest BCUT2D eigenvalue weighted by atomic mass is 19.4. The molecule has 0 aromatic heterocycles. The topological polar surface area (TPSA) is 114 Å². The third kappa shape index (κ3) is 8.75. The summed E-state index contributed by atoms with van der Waals surface area (Å²) in [5, 5.41) is 4.62. The number of rotatable bonds is 9. The first kappa shape index (κ1) is 33.8. The molecule has 16 heteroatoms. The van der Waals surface area contributed by atoms with E-state index in [0.29, 0.717) is 10.5 Å². The number of amides is 3. The molecule has 1 aliphatic carbocycles. The number of likely N-dealkylation sites (tertiary alicyclic amines) is 1. The fourth-order valence-electron chi connectivity index (χ4n) is 5.33. The minimum atomic E-state index is -4.98. The standard InChI is InChI=1S/C29H30F8N4O4/c30-21-18(19(12-29(35,36)37)25(43)41-14-28(33,34)15-41)6-7-20(22(21)38)39-24(42)23(17-8-10-27(31,32)11-9-17)40-26(44)45-13-16-4-2-1-3-5-16/h1-7,17,19,23H,8-15,38H2,(H,39,42)(H,40,44). The molecule has 4 rings (SSSR count). The van der Waals surface area contributed by atoms with Gasteiger partial charge in [0.25, 0.3) is 5.92 Å². The van der Waals surface area contributed by atoms with Crippen LogP contribution in [0.15, 0.2) is 42.5 Å². The van der Waals surface area contributed by atoms with E-state index in [9.17, 15) is 45.1 Å². The van der Waals surface area contributed by atoms with Crippen LogP contribution in [0.3, 0.4) is 0 Å². The van der Waals surface area contributed by atoms with Gasteiger partial charge in [0.1, 0.15) is 12.6 Å². The predicted molar refractivity (Wildman–Crippen MR) is 145 cm³/mol. The Labute approximate surface area is 252 Å². The molecule has 3 amide bonds. The Morgan fingerprint density at radius 3 is 2.18 bits per heavy atom. The molecule has 8 nitrogen and oxygen atoms in total. The molecule has 2 aromatic rings. The van der Waals surface area contributed by atoms with E-state index >= 15 is 4.39 Å². The molecule has 0 bridgehead atoms. The summed E-state index contributed by atoms with van der Waals surface area (Å²) >= 11 is 0. The Hall–Kier alpha value is -4.11. The molecule has 1 aliphatic heterocycles. The molecule has 2 aromatic carbocycles. The number of ether oxygens (including phenoxy) is 1. The van der Waals surface area contributed by atoms with Crippen LogP contribution < -0.4 is 16.4 Å². The summed E-state index contributed by atoms with van der Waals surface area (Å²) in [5.41, 5.74) is 4.29. The molecule has 2 fully saturated rings. The zero-order valence-corrected chi connectivity index (χ0v) is 23.6. The van der Waals surface area contributed by atoms with Crippen molar-refractivity contribution in [1.82, 2.24) is 10.2 Å². The van der Waals surface area contributed by atoms with Gasteiger partial charge in [-0.2, -0.15) is 13.2 Å². The third-order valence-electron chi connectivity index (χ3n) is 7.73. The van der Waals surface area contributed by atoms with Gasteiger partial charge in [0.05, 0.1) is 36.8 Å². The summed E-state index contributed by atoms with van der Waals surface area (Å²) in [6.45, 7) is -2.42. The molecule has 246 valence electrons. The lowest BCUT2D eigenvalue weighted by atomic mass is 9.81. The van der Waals surface area contributed by atoms with Crippen molar-refractivity contribution >= 4 is 29.3 Å². The number of nitrogens with two attached hydrogens (primary N) is 1. The fraction of sp³-hybridized carbons (Fsp3) is 0.483. The van der Waals surface area contributed by atoms with Gasteiger partial charge in [-0.15, -0.1) is 0 Å². The van der Waals surface area contributed by atoms with E-state index in [-0.39, 0.29) is 19.4 Å². The second-order valence-corrected chi connectivity index (χ2v) is 11.2. The van der Waals surface area contributed by atoms with E-state index in [4.69, 9.17) is 10.5 Å². The summed E-state index contributed by atoms with van der Waals surface area (Å²) < 4.78 is 115. The molecule has 0 radical (unpaired) electrons. The van der Waals surface area contributed by atoms with Gasteiger partial charge in [-0.05, 0) is 30.4 Å². The lowest BCUT2D eigenvalue weighted by Gasteiger charge is -2.40. The highest BCUT2D eigenvalue weighted by Gasteiger charge is 2.50. The Kier molecular flexibility index (Phi) is 9.82. The number of nitrogen functional groups attached to an aromatic ring is 1. The second kappa shape index (κ2) is 13.1. The van der Waals surface area contributed by atoms with Crippen molar-refractivity contribution < 1.29 is 54.2 Å². The third-order valence-corrected chi connectivity index (χ3v) is 7.73. The van der Waals surface area contributed by atoms with Gasteiger partial charge < -0.3 is 26.0 Å². The average molecular weight is 651 g/mol. The first-order chi connectivity index (χ1) is 20.9. The van der Waals surface area contributed by atoms with Crippen LogP contribution in [-0.4, -0.2) is 60.0 Å². The van der Waals surface area contributed by atoms with Crippen molar-refractivity contribution in [3.05, 3.63) is 59.4 Å². The minimum absolute atomic E-state index is 0.163. The number of hydrogen-bond donors (Lipinski definition) is 3. The minimum Gasteiger partial charge on any atom is -0.445 e. The second-order valence-electron chi connectivity index (χ2n) is 11.2. The smallest absolute Gasteiger partial charge is 0.408 e. The van der Waals surface area contributed by atoms with E-state index in [1.165, 1.54) is 0 Å². The highest BCUT2D eigenvalue weighted by molar-refractivity contribution is 5.99. The Bertz CT molecular complexity index is 1390. The van der Waals surface area contributed by atoms with Gasteiger partial charge in [0.2, 0.25) is 17.7 Å². The van der Waals surface area contributed by atoms with Gasteiger partial charge in [0.15, 0.2) is 5.82 Å². The molecule has 2 atom stereocenters. The highest BCUT2D eigenvalue weighted by Crippen LogP contribution is 2.40. The zero-order chi connectivity index (χ0) is 33.2. The van der Waals surface area contributed by atoms with Crippen LogP contribution >= 0.6 is 0 Å². The number of nitrogens with zero attached hydrogens (tertiary/aromatic N) is 1. The lowest BCUT2D eigenvalue weighted by molar-refractivity contribution is -0.175. The number of anilines is 2. The maximum absolute atomic E-state index is 15.4. The molecule has 0 spiro atoms. The van der Waals surface area contributed by atoms with Crippen LogP contribution in [0, 0.1) is 11.7 Å². The number of carbonyl (C=O) groups excluding carboxylic acids is 3. The number of nitrogens with one attached hydrogen (secondary N) is 2. The van der Waals surface area contributed by atoms with Crippen molar-refractivity contribution in [1.29, 1.82) is 0 Å². The number of halogens is 8. The van der Waals surface area contributed by atoms with Crippen LogP contribution in [0.1, 0.15) is 49.1 Å². The molecule has 2 aliphatic rings. The molecule has 1 heterocycles. The Morgan fingerprint density at radius 1 is 0.978 bits per heavy atom. The largest absolute Gasteiger partial charge is 0.445 e. The lowest BCUT2D eigenvalue weighted by Crippen LogP contribution is -2.59. The van der Waals surface area contributed by atoms with Gasteiger partial charge in [-0.3, -0.25) is 9.59 Å². The first-order valence-electron chi connectivity index (χ1n) is 13.9. The summed E-state index contributed by atoms with van der Waals surface area (Å²) in [5.74, 6) is -13.1. The number of alkyl carbamates (subject to hydrolysis) is 1. The van der Waals surface area contributed by atoms with Crippen LogP contribution in [-0.2, 0) is 20.9 Å². The van der Waals surface area contributed by atoms with Crippen molar-refractivity contribution in [2.75, 3.05) is 24.1 Å². The number of hydrogen-bond acceptors (Lipinski definition) is 5. The number of benzene rings is 2. The predicted octanol–water partition coefficient (Wildman–Crippen LogP) is 5.98. The summed E-state index contributed by atoms with van der Waals surface area (Å²) in [6.07, 6.45) is -9.34. The average Bonchev–Trinajstić information content (AvgIpc) is 2.95. The first-order valence-corrected chi connectivity index (χ1v) is 13.9. The van der Waals surface area contributed by atoms with Gasteiger partial charge >= 0.3 is 12.3 Å². The normalized spacial score (nSPS) is 19.2. The van der Waals surface area contributed by atoms with Gasteiger partial charge in [-0.1, -0.05) is 36.4 Å². The van der Waals surface area contributed by atoms with E-state index in [2.05, 4.69) is 10.6 Å². The van der Waals surface area contributed by atoms with Crippen molar-refractivity contribution in [2.45, 2.75) is 68.7 Å². The quantitative estimate of drug-likeness (QED) is 0.228. The zero-order valence-electron chi connectivity index (χ0n) is 23.6. The van der Waals surface area contributed by atoms with Crippen molar-refractivity contribution in [3.63, 3.8) is 0 Å². The van der Waals surface area contributed by atoms with Crippen LogP contribution in [0.5, 0.6) is 0 Å². The monoisotopic (exact) mass is 650 g/mol. The van der Waals surface area contributed by atoms with Crippen molar-refractivity contribution in [3.8, 4) is 0 Å².